The van der Waals surface area contributed by atoms with Crippen LogP contribution in [0.2, 0.25) is 0 Å². The van der Waals surface area contributed by atoms with E-state index in [0.29, 0.717) is 12.3 Å². The van der Waals surface area contributed by atoms with Crippen LogP contribution in [0.3, 0.4) is 0 Å². The summed E-state index contributed by atoms with van der Waals surface area (Å²) in [5.74, 6) is 1.37. The molecule has 1 N–H and O–H groups in total. The molecule has 0 heterocycles. The van der Waals surface area contributed by atoms with Gasteiger partial charge in [-0.3, -0.25) is 0 Å². The van der Waals surface area contributed by atoms with E-state index < -0.39 is 5.60 Å². The van der Waals surface area contributed by atoms with E-state index in [1.165, 1.54) is 25.3 Å². The van der Waals surface area contributed by atoms with Crippen molar-refractivity contribution in [1.82, 2.24) is 0 Å². The first kappa shape index (κ1) is 12.2. The number of aliphatic hydroxyl groups is 1. The fraction of sp³-hybridized carbons (Fsp3) is 0.625. The van der Waals surface area contributed by atoms with Gasteiger partial charge in [-0.2, -0.15) is 0 Å². The molecule has 0 radical (unpaired) electrons. The highest BCUT2D eigenvalue weighted by atomic mass is 19.1. The van der Waals surface area contributed by atoms with Crippen LogP contribution in [0, 0.1) is 17.7 Å². The van der Waals surface area contributed by atoms with E-state index >= 15 is 0 Å². The van der Waals surface area contributed by atoms with Crippen LogP contribution < -0.4 is 0 Å². The molecule has 0 aromatic heterocycles. The zero-order valence-corrected chi connectivity index (χ0v) is 10.7. The highest BCUT2D eigenvalue weighted by Gasteiger charge is 2.40. The van der Waals surface area contributed by atoms with Crippen molar-refractivity contribution in [2.24, 2.45) is 11.8 Å². The van der Waals surface area contributed by atoms with Crippen LogP contribution >= 0.6 is 0 Å². The first-order valence-electron chi connectivity index (χ1n) is 7.11. The Balaban J connectivity index is 1.69. The van der Waals surface area contributed by atoms with Crippen molar-refractivity contribution in [3.05, 3.63) is 35.6 Å². The Morgan fingerprint density at radius 2 is 2.06 bits per heavy atom. The largest absolute Gasteiger partial charge is 0.390 e. The quantitative estimate of drug-likeness (QED) is 0.864. The molecule has 2 unspecified atom stereocenters. The molecule has 0 amide bonds. The van der Waals surface area contributed by atoms with Crippen LogP contribution in [0.5, 0.6) is 0 Å². The number of hydrogen-bond donors (Lipinski definition) is 1. The molecule has 0 aliphatic heterocycles. The highest BCUT2D eigenvalue weighted by molar-refractivity contribution is 5.19. The summed E-state index contributed by atoms with van der Waals surface area (Å²) in [7, 11) is 0. The van der Waals surface area contributed by atoms with Crippen molar-refractivity contribution in [2.45, 2.75) is 50.5 Å². The first-order valence-corrected chi connectivity index (χ1v) is 7.11. The van der Waals surface area contributed by atoms with Crippen molar-refractivity contribution < 1.29 is 9.50 Å². The van der Waals surface area contributed by atoms with Gasteiger partial charge in [-0.25, -0.2) is 4.39 Å². The molecule has 98 valence electrons. The van der Waals surface area contributed by atoms with Gasteiger partial charge in [0.25, 0.3) is 0 Å². The number of hydrogen-bond acceptors (Lipinski definition) is 1. The lowest BCUT2D eigenvalue weighted by molar-refractivity contribution is -0.0196. The van der Waals surface area contributed by atoms with Crippen molar-refractivity contribution in [2.75, 3.05) is 0 Å². The first-order chi connectivity index (χ1) is 8.65. The maximum Gasteiger partial charge on any atom is 0.123 e. The zero-order valence-electron chi connectivity index (χ0n) is 10.7. The third-order valence-corrected chi connectivity index (χ3v) is 4.57. The van der Waals surface area contributed by atoms with Gasteiger partial charge < -0.3 is 5.11 Å². The molecule has 3 rings (SSSR count). The normalized spacial score (nSPS) is 32.4. The molecule has 2 atom stereocenters. The lowest BCUT2D eigenvalue weighted by atomic mass is 9.73. The molecule has 1 aromatic rings. The second-order valence-electron chi connectivity index (χ2n) is 6.22. The predicted molar refractivity (Wildman–Crippen MR) is 69.7 cm³/mol. The molecule has 1 nitrogen and oxygen atoms in total. The van der Waals surface area contributed by atoms with Crippen LogP contribution in [-0.4, -0.2) is 10.7 Å². The lowest BCUT2D eigenvalue weighted by Gasteiger charge is -2.37. The molecular weight excluding hydrogens is 227 g/mol. The maximum absolute atomic E-state index is 13.2. The van der Waals surface area contributed by atoms with Crippen molar-refractivity contribution in [1.29, 1.82) is 0 Å². The summed E-state index contributed by atoms with van der Waals surface area (Å²) in [6.07, 6.45) is 7.47. The topological polar surface area (TPSA) is 20.2 Å². The highest BCUT2D eigenvalue weighted by Crippen LogP contribution is 2.47. The fourth-order valence-electron chi connectivity index (χ4n) is 3.54. The average molecular weight is 248 g/mol. The Morgan fingerprint density at radius 1 is 1.22 bits per heavy atom. The second kappa shape index (κ2) is 4.65. The summed E-state index contributed by atoms with van der Waals surface area (Å²) >= 11 is 0. The maximum atomic E-state index is 13.2. The van der Waals surface area contributed by atoms with E-state index in [4.69, 9.17) is 0 Å². The lowest BCUT2D eigenvalue weighted by Crippen LogP contribution is -2.38. The average Bonchev–Trinajstić information content (AvgIpc) is 3.12. The van der Waals surface area contributed by atoms with Gasteiger partial charge in [-0.05, 0) is 61.6 Å². The predicted octanol–water partition coefficient (Wildman–Crippen LogP) is 3.70. The Bertz CT molecular complexity index is 427. The van der Waals surface area contributed by atoms with Crippen LogP contribution in [0.4, 0.5) is 4.39 Å². The van der Waals surface area contributed by atoms with Crippen molar-refractivity contribution in [3.63, 3.8) is 0 Å². The van der Waals surface area contributed by atoms with Gasteiger partial charge in [0.15, 0.2) is 0 Å². The number of halogens is 1. The van der Waals surface area contributed by atoms with Gasteiger partial charge >= 0.3 is 0 Å². The summed E-state index contributed by atoms with van der Waals surface area (Å²) in [6.45, 7) is 0. The van der Waals surface area contributed by atoms with Gasteiger partial charge in [-0.1, -0.05) is 18.6 Å². The standard InChI is InChI=1S/C16H21FO/c17-15-5-1-3-12(9-15)10-16(18)8-2-4-14(11-16)13-6-7-13/h1,3,5,9,13-14,18H,2,4,6-8,10-11H2. The van der Waals surface area contributed by atoms with Gasteiger partial charge in [0, 0.05) is 6.42 Å². The molecule has 2 aliphatic carbocycles. The summed E-state index contributed by atoms with van der Waals surface area (Å²) < 4.78 is 13.2. The Morgan fingerprint density at radius 3 is 2.78 bits per heavy atom. The Hall–Kier alpha value is -0.890. The van der Waals surface area contributed by atoms with Crippen LogP contribution in [0.25, 0.3) is 0 Å². The van der Waals surface area contributed by atoms with E-state index in [1.54, 1.807) is 12.1 Å². The minimum Gasteiger partial charge on any atom is -0.390 e. The van der Waals surface area contributed by atoms with E-state index in [0.717, 1.165) is 30.7 Å². The second-order valence-corrected chi connectivity index (χ2v) is 6.22. The minimum absolute atomic E-state index is 0.203. The minimum atomic E-state index is -0.598. The van der Waals surface area contributed by atoms with Gasteiger partial charge in [0.2, 0.25) is 0 Å². The van der Waals surface area contributed by atoms with E-state index in [-0.39, 0.29) is 5.82 Å². The number of rotatable bonds is 3. The third-order valence-electron chi connectivity index (χ3n) is 4.57. The molecule has 2 aliphatic rings. The van der Waals surface area contributed by atoms with E-state index in [9.17, 15) is 9.50 Å². The van der Waals surface area contributed by atoms with E-state index in [1.807, 2.05) is 6.07 Å². The molecule has 2 heteroatoms. The molecule has 18 heavy (non-hydrogen) atoms. The fourth-order valence-corrected chi connectivity index (χ4v) is 3.54. The summed E-state index contributed by atoms with van der Waals surface area (Å²) in [5, 5.41) is 10.7. The zero-order chi connectivity index (χ0) is 12.6. The Labute approximate surface area is 108 Å². The Kier molecular flexibility index (Phi) is 3.14. The van der Waals surface area contributed by atoms with Crippen molar-refractivity contribution >= 4 is 0 Å². The number of benzene rings is 1. The van der Waals surface area contributed by atoms with Gasteiger partial charge in [-0.15, -0.1) is 0 Å². The molecule has 0 spiro atoms. The summed E-state index contributed by atoms with van der Waals surface area (Å²) in [5.41, 5.74) is 0.327. The molecule has 1 aromatic carbocycles. The van der Waals surface area contributed by atoms with Crippen LogP contribution in [-0.2, 0) is 6.42 Å². The van der Waals surface area contributed by atoms with E-state index in [2.05, 4.69) is 0 Å². The van der Waals surface area contributed by atoms with Gasteiger partial charge in [0.1, 0.15) is 5.82 Å². The van der Waals surface area contributed by atoms with Crippen LogP contribution in [0.1, 0.15) is 44.1 Å². The molecule has 0 saturated heterocycles. The monoisotopic (exact) mass is 248 g/mol. The smallest absolute Gasteiger partial charge is 0.123 e. The molecule has 0 bridgehead atoms. The van der Waals surface area contributed by atoms with Crippen LogP contribution in [0.15, 0.2) is 24.3 Å². The molecular formula is C16H21FO. The summed E-state index contributed by atoms with van der Waals surface area (Å²) in [4.78, 5) is 0. The summed E-state index contributed by atoms with van der Waals surface area (Å²) in [6, 6.07) is 6.66. The molecule has 2 saturated carbocycles. The third kappa shape index (κ3) is 2.74. The van der Waals surface area contributed by atoms with Crippen molar-refractivity contribution in [3.8, 4) is 0 Å². The van der Waals surface area contributed by atoms with Gasteiger partial charge in [0.05, 0.1) is 5.60 Å². The SMILES string of the molecule is OC1(Cc2cccc(F)c2)CCCC(C2CC2)C1. The molecule has 2 fully saturated rings.